The maximum Gasteiger partial charge on any atom is 0.0658 e. The minimum absolute atomic E-state index is 0.158. The predicted octanol–water partition coefficient (Wildman–Crippen LogP) is 3.45. The van der Waals surface area contributed by atoms with E-state index in [4.69, 9.17) is 0 Å². The lowest BCUT2D eigenvalue weighted by molar-refractivity contribution is -0.0974. The van der Waals surface area contributed by atoms with Crippen molar-refractivity contribution >= 4 is 0 Å². The highest BCUT2D eigenvalue weighted by Gasteiger charge is 2.59. The quantitative estimate of drug-likeness (QED) is 0.671. The Labute approximate surface area is 151 Å². The lowest BCUT2D eigenvalue weighted by Gasteiger charge is -2.59. The fourth-order valence-corrected chi connectivity index (χ4v) is 7.16. The number of hydrogen-bond acceptors (Lipinski definition) is 3. The van der Waals surface area contributed by atoms with Gasteiger partial charge in [0.1, 0.15) is 0 Å². The van der Waals surface area contributed by atoms with Crippen molar-refractivity contribution in [1.82, 2.24) is 0 Å². The SMILES string of the molecule is C[C@H](CO)C1=CC[C@H]2[C@@H]3CC=C4CC(O)CC(O)[C@]4(C)[C@H]3CC[C@]12C. The van der Waals surface area contributed by atoms with Gasteiger partial charge in [-0.1, -0.05) is 44.1 Å². The molecule has 0 radical (unpaired) electrons. The molecule has 4 aliphatic carbocycles. The summed E-state index contributed by atoms with van der Waals surface area (Å²) in [5.74, 6) is 2.01. The molecule has 0 amide bonds. The first kappa shape index (κ1) is 17.8. The van der Waals surface area contributed by atoms with E-state index in [1.54, 1.807) is 0 Å². The van der Waals surface area contributed by atoms with Gasteiger partial charge in [-0.25, -0.2) is 0 Å². The molecule has 4 aliphatic rings. The fourth-order valence-electron chi connectivity index (χ4n) is 7.16. The van der Waals surface area contributed by atoms with Gasteiger partial charge in [-0.15, -0.1) is 0 Å². The average Bonchev–Trinajstić information content (AvgIpc) is 2.93. The van der Waals surface area contributed by atoms with Crippen LogP contribution in [0, 0.1) is 34.5 Å². The molecule has 0 bridgehead atoms. The van der Waals surface area contributed by atoms with Crippen LogP contribution in [-0.4, -0.2) is 34.1 Å². The lowest BCUT2D eigenvalue weighted by Crippen LogP contribution is -2.55. The van der Waals surface area contributed by atoms with Gasteiger partial charge >= 0.3 is 0 Å². The first-order valence-corrected chi connectivity index (χ1v) is 10.2. The first-order valence-electron chi connectivity index (χ1n) is 10.2. The highest BCUT2D eigenvalue weighted by molar-refractivity contribution is 5.32. The molecule has 25 heavy (non-hydrogen) atoms. The third-order valence-corrected chi connectivity index (χ3v) is 8.62. The van der Waals surface area contributed by atoms with Crippen molar-refractivity contribution in [3.05, 3.63) is 23.3 Å². The van der Waals surface area contributed by atoms with E-state index in [1.807, 2.05) is 0 Å². The third-order valence-electron chi connectivity index (χ3n) is 8.62. The van der Waals surface area contributed by atoms with Crippen LogP contribution < -0.4 is 0 Å². The van der Waals surface area contributed by atoms with E-state index in [0.29, 0.717) is 24.2 Å². The molecule has 2 unspecified atom stereocenters. The van der Waals surface area contributed by atoms with E-state index in [9.17, 15) is 15.3 Å². The average molecular weight is 347 g/mol. The van der Waals surface area contributed by atoms with Crippen molar-refractivity contribution < 1.29 is 15.3 Å². The van der Waals surface area contributed by atoms with Crippen LogP contribution in [0.25, 0.3) is 0 Å². The summed E-state index contributed by atoms with van der Waals surface area (Å²) in [7, 11) is 0. The summed E-state index contributed by atoms with van der Waals surface area (Å²) in [4.78, 5) is 0. The monoisotopic (exact) mass is 346 g/mol. The highest BCUT2D eigenvalue weighted by atomic mass is 16.3. The molecule has 3 nitrogen and oxygen atoms in total. The molecule has 3 heteroatoms. The smallest absolute Gasteiger partial charge is 0.0658 e. The number of allylic oxidation sites excluding steroid dienone is 2. The Bertz CT molecular complexity index is 608. The Morgan fingerprint density at radius 3 is 2.64 bits per heavy atom. The lowest BCUT2D eigenvalue weighted by atomic mass is 9.46. The maximum absolute atomic E-state index is 10.9. The van der Waals surface area contributed by atoms with E-state index in [2.05, 4.69) is 32.9 Å². The summed E-state index contributed by atoms with van der Waals surface area (Å²) in [5.41, 5.74) is 2.83. The van der Waals surface area contributed by atoms with Gasteiger partial charge in [-0.05, 0) is 55.3 Å². The van der Waals surface area contributed by atoms with Crippen molar-refractivity contribution in [3.8, 4) is 0 Å². The van der Waals surface area contributed by atoms with E-state index in [1.165, 1.54) is 11.1 Å². The summed E-state index contributed by atoms with van der Waals surface area (Å²) in [6.07, 6.45) is 9.73. The molecule has 8 atom stereocenters. The first-order chi connectivity index (χ1) is 11.8. The zero-order chi connectivity index (χ0) is 18.0. The molecular weight excluding hydrogens is 312 g/mol. The zero-order valence-electron chi connectivity index (χ0n) is 15.9. The summed E-state index contributed by atoms with van der Waals surface area (Å²) < 4.78 is 0. The molecule has 140 valence electrons. The number of hydrogen-bond donors (Lipinski definition) is 3. The minimum Gasteiger partial charge on any atom is -0.396 e. The van der Waals surface area contributed by atoms with Crippen LogP contribution in [0.4, 0.5) is 0 Å². The van der Waals surface area contributed by atoms with Crippen LogP contribution in [0.3, 0.4) is 0 Å². The molecule has 2 saturated carbocycles. The number of aliphatic hydroxyl groups excluding tert-OH is 3. The van der Waals surface area contributed by atoms with Crippen LogP contribution in [0.5, 0.6) is 0 Å². The predicted molar refractivity (Wildman–Crippen MR) is 98.8 cm³/mol. The number of fused-ring (bicyclic) bond motifs is 5. The van der Waals surface area contributed by atoms with E-state index < -0.39 is 6.10 Å². The minimum atomic E-state index is -0.426. The summed E-state index contributed by atoms with van der Waals surface area (Å²) in [6, 6.07) is 0. The van der Waals surface area contributed by atoms with Gasteiger partial charge < -0.3 is 15.3 Å². The molecule has 0 aliphatic heterocycles. The second kappa shape index (κ2) is 5.94. The standard InChI is InChI=1S/C22H34O3/c1-13(12-23)17-6-7-18-16-5-4-14-10-15(24)11-20(25)22(14,3)19(16)8-9-21(17,18)2/h4,6,13,15-16,18-20,23-25H,5,7-12H2,1-3H3/t13-,15?,16+,18+,19+,20?,21-,22+/m1/s1. The summed E-state index contributed by atoms with van der Waals surface area (Å²) in [6.45, 7) is 7.06. The summed E-state index contributed by atoms with van der Waals surface area (Å²) in [5, 5.41) is 30.7. The Kier molecular flexibility index (Phi) is 4.22. The second-order valence-corrected chi connectivity index (χ2v) is 9.67. The van der Waals surface area contributed by atoms with E-state index >= 15 is 0 Å². The van der Waals surface area contributed by atoms with Gasteiger partial charge in [0.25, 0.3) is 0 Å². The number of aliphatic hydroxyl groups is 3. The largest absolute Gasteiger partial charge is 0.396 e. The van der Waals surface area contributed by atoms with Crippen molar-refractivity contribution in [2.24, 2.45) is 34.5 Å². The van der Waals surface area contributed by atoms with E-state index in [-0.39, 0.29) is 29.5 Å². The van der Waals surface area contributed by atoms with Gasteiger partial charge in [0.15, 0.2) is 0 Å². The second-order valence-electron chi connectivity index (χ2n) is 9.67. The Hall–Kier alpha value is -0.640. The molecule has 0 heterocycles. The Morgan fingerprint density at radius 2 is 1.92 bits per heavy atom. The molecule has 0 saturated heterocycles. The van der Waals surface area contributed by atoms with Crippen LogP contribution >= 0.6 is 0 Å². The Balaban J connectivity index is 1.67. The van der Waals surface area contributed by atoms with Gasteiger partial charge in [-0.2, -0.15) is 0 Å². The van der Waals surface area contributed by atoms with Gasteiger partial charge in [-0.3, -0.25) is 0 Å². The molecular formula is C22H34O3. The number of rotatable bonds is 2. The van der Waals surface area contributed by atoms with Gasteiger partial charge in [0.05, 0.1) is 12.2 Å². The highest BCUT2D eigenvalue weighted by Crippen LogP contribution is 2.65. The third kappa shape index (κ3) is 2.35. The topological polar surface area (TPSA) is 60.7 Å². The van der Waals surface area contributed by atoms with Gasteiger partial charge in [0, 0.05) is 24.4 Å². The van der Waals surface area contributed by atoms with Crippen molar-refractivity contribution in [1.29, 1.82) is 0 Å². The molecule has 0 aromatic carbocycles. The Morgan fingerprint density at radius 1 is 1.16 bits per heavy atom. The normalized spacial score (nSPS) is 50.2. The molecule has 0 aromatic heterocycles. The molecule has 0 aromatic rings. The van der Waals surface area contributed by atoms with Crippen LogP contribution in [0.1, 0.15) is 59.3 Å². The molecule has 0 spiro atoms. The molecule has 2 fully saturated rings. The summed E-state index contributed by atoms with van der Waals surface area (Å²) >= 11 is 0. The van der Waals surface area contributed by atoms with Crippen molar-refractivity contribution in [2.45, 2.75) is 71.5 Å². The zero-order valence-corrected chi connectivity index (χ0v) is 15.9. The van der Waals surface area contributed by atoms with Crippen LogP contribution in [0.2, 0.25) is 0 Å². The molecule has 3 N–H and O–H groups in total. The van der Waals surface area contributed by atoms with E-state index in [0.717, 1.165) is 32.1 Å². The maximum atomic E-state index is 10.9. The van der Waals surface area contributed by atoms with Crippen molar-refractivity contribution in [3.63, 3.8) is 0 Å². The van der Waals surface area contributed by atoms with Crippen molar-refractivity contribution in [2.75, 3.05) is 6.61 Å². The van der Waals surface area contributed by atoms with Crippen LogP contribution in [0.15, 0.2) is 23.3 Å². The van der Waals surface area contributed by atoms with Crippen LogP contribution in [-0.2, 0) is 0 Å². The molecule has 4 rings (SSSR count). The van der Waals surface area contributed by atoms with Gasteiger partial charge in [0.2, 0.25) is 0 Å². The fraction of sp³-hybridized carbons (Fsp3) is 0.818.